The van der Waals surface area contributed by atoms with Crippen molar-refractivity contribution in [2.45, 2.75) is 27.7 Å². The van der Waals surface area contributed by atoms with Crippen LogP contribution in [0.1, 0.15) is 22.8 Å². The molecule has 2 heterocycles. The van der Waals surface area contributed by atoms with Gasteiger partial charge in [0.2, 0.25) is 5.88 Å². The van der Waals surface area contributed by atoms with E-state index in [1.54, 1.807) is 41.9 Å². The zero-order valence-corrected chi connectivity index (χ0v) is 18.7. The standard InChI is InChI=1S/C24H23FN6O2/c1-14-15(2)30-31(16(14)3)22-13-23(27-17(4)26-22)33-21-11-9-20(10-12-21)29-24(32)28-19-7-5-18(25)6-8-19/h5-13H,1-4H3,(H2,28,29,32). The van der Waals surface area contributed by atoms with E-state index in [0.717, 1.165) is 17.0 Å². The molecular formula is C24H23FN6O2. The summed E-state index contributed by atoms with van der Waals surface area (Å²) >= 11 is 0. The van der Waals surface area contributed by atoms with Crippen molar-refractivity contribution in [2.24, 2.45) is 0 Å². The van der Waals surface area contributed by atoms with Gasteiger partial charge in [-0.05, 0) is 81.8 Å². The monoisotopic (exact) mass is 446 g/mol. The molecule has 2 amide bonds. The maximum absolute atomic E-state index is 13.0. The Labute approximate surface area is 190 Å². The Hall–Kier alpha value is -4.27. The topological polar surface area (TPSA) is 94.0 Å². The van der Waals surface area contributed by atoms with Gasteiger partial charge in [-0.3, -0.25) is 0 Å². The number of urea groups is 1. The van der Waals surface area contributed by atoms with Crippen LogP contribution in [0.2, 0.25) is 0 Å². The molecule has 0 saturated heterocycles. The average molecular weight is 446 g/mol. The summed E-state index contributed by atoms with van der Waals surface area (Å²) in [7, 11) is 0. The number of halogens is 1. The van der Waals surface area contributed by atoms with Gasteiger partial charge in [0.25, 0.3) is 0 Å². The number of ether oxygens (including phenoxy) is 1. The number of nitrogens with zero attached hydrogens (tertiary/aromatic N) is 4. The molecule has 2 N–H and O–H groups in total. The highest BCUT2D eigenvalue weighted by Gasteiger charge is 2.13. The molecule has 33 heavy (non-hydrogen) atoms. The summed E-state index contributed by atoms with van der Waals surface area (Å²) in [6.45, 7) is 7.77. The summed E-state index contributed by atoms with van der Waals surface area (Å²) in [6, 6.07) is 13.7. The number of hydrogen-bond donors (Lipinski definition) is 2. The van der Waals surface area contributed by atoms with Crippen molar-refractivity contribution < 1.29 is 13.9 Å². The Morgan fingerprint density at radius 1 is 0.909 bits per heavy atom. The number of nitrogens with one attached hydrogen (secondary N) is 2. The molecule has 9 heteroatoms. The SMILES string of the molecule is Cc1nc(Oc2ccc(NC(=O)Nc3ccc(F)cc3)cc2)cc(-n2nc(C)c(C)c2C)n1. The maximum atomic E-state index is 13.0. The van der Waals surface area contributed by atoms with E-state index in [9.17, 15) is 9.18 Å². The second-order valence-corrected chi connectivity index (χ2v) is 7.53. The lowest BCUT2D eigenvalue weighted by molar-refractivity contribution is 0.262. The van der Waals surface area contributed by atoms with E-state index in [1.807, 2.05) is 20.8 Å². The molecule has 0 atom stereocenters. The van der Waals surface area contributed by atoms with Crippen LogP contribution >= 0.6 is 0 Å². The van der Waals surface area contributed by atoms with Crippen LogP contribution in [-0.2, 0) is 0 Å². The smallest absolute Gasteiger partial charge is 0.323 e. The molecule has 0 unspecified atom stereocenters. The molecule has 0 fully saturated rings. The number of anilines is 2. The van der Waals surface area contributed by atoms with E-state index in [4.69, 9.17) is 4.74 Å². The van der Waals surface area contributed by atoms with Crippen LogP contribution in [0.25, 0.3) is 5.82 Å². The van der Waals surface area contributed by atoms with E-state index < -0.39 is 6.03 Å². The van der Waals surface area contributed by atoms with E-state index in [0.29, 0.717) is 34.6 Å². The molecule has 0 radical (unpaired) electrons. The first-order valence-corrected chi connectivity index (χ1v) is 10.3. The highest BCUT2D eigenvalue weighted by atomic mass is 19.1. The van der Waals surface area contributed by atoms with Crippen LogP contribution in [0.5, 0.6) is 11.6 Å². The first-order chi connectivity index (χ1) is 15.8. The van der Waals surface area contributed by atoms with Crippen molar-refractivity contribution in [1.29, 1.82) is 0 Å². The van der Waals surface area contributed by atoms with Gasteiger partial charge in [0.15, 0.2) is 5.82 Å². The fourth-order valence-corrected chi connectivity index (χ4v) is 3.18. The zero-order chi connectivity index (χ0) is 23.5. The molecule has 8 nitrogen and oxygen atoms in total. The second-order valence-electron chi connectivity index (χ2n) is 7.53. The number of hydrogen-bond acceptors (Lipinski definition) is 5. The van der Waals surface area contributed by atoms with Crippen LogP contribution in [0, 0.1) is 33.5 Å². The lowest BCUT2D eigenvalue weighted by Gasteiger charge is -2.10. The number of carbonyl (C=O) groups excluding carboxylic acids is 1. The van der Waals surface area contributed by atoms with Gasteiger partial charge < -0.3 is 15.4 Å². The zero-order valence-electron chi connectivity index (χ0n) is 18.7. The van der Waals surface area contributed by atoms with Gasteiger partial charge in [0.05, 0.1) is 5.69 Å². The number of aryl methyl sites for hydroxylation is 2. The van der Waals surface area contributed by atoms with Crippen molar-refractivity contribution >= 4 is 17.4 Å². The van der Waals surface area contributed by atoms with Crippen LogP contribution in [0.4, 0.5) is 20.6 Å². The minimum atomic E-state index is -0.438. The molecule has 4 rings (SSSR count). The summed E-state index contributed by atoms with van der Waals surface area (Å²) in [5.41, 5.74) is 4.12. The largest absolute Gasteiger partial charge is 0.439 e. The summed E-state index contributed by atoms with van der Waals surface area (Å²) < 4.78 is 20.7. The Kier molecular flexibility index (Phi) is 6.03. The van der Waals surface area contributed by atoms with Crippen molar-refractivity contribution in [3.63, 3.8) is 0 Å². The first-order valence-electron chi connectivity index (χ1n) is 10.3. The summed E-state index contributed by atoms with van der Waals surface area (Å²) in [5, 5.41) is 9.90. The molecule has 0 bridgehead atoms. The summed E-state index contributed by atoms with van der Waals surface area (Å²) in [4.78, 5) is 21.0. The molecule has 0 aliphatic heterocycles. The van der Waals surface area contributed by atoms with Crippen LogP contribution in [0.3, 0.4) is 0 Å². The van der Waals surface area contributed by atoms with Gasteiger partial charge in [0.1, 0.15) is 17.4 Å². The average Bonchev–Trinajstić information content (AvgIpc) is 3.04. The second kappa shape index (κ2) is 9.07. The molecule has 0 aliphatic rings. The van der Waals surface area contributed by atoms with E-state index in [2.05, 4.69) is 25.7 Å². The minimum Gasteiger partial charge on any atom is -0.439 e. The molecule has 0 aliphatic carbocycles. The quantitative estimate of drug-likeness (QED) is 0.424. The molecule has 0 saturated carbocycles. The Morgan fingerprint density at radius 2 is 1.52 bits per heavy atom. The van der Waals surface area contributed by atoms with Gasteiger partial charge in [0, 0.05) is 23.1 Å². The van der Waals surface area contributed by atoms with E-state index in [1.165, 1.54) is 24.3 Å². The van der Waals surface area contributed by atoms with Crippen molar-refractivity contribution in [3.8, 4) is 17.4 Å². The van der Waals surface area contributed by atoms with Gasteiger partial charge >= 0.3 is 6.03 Å². The Bertz CT molecular complexity index is 1300. The summed E-state index contributed by atoms with van der Waals surface area (Å²) in [6.07, 6.45) is 0. The number of benzene rings is 2. The van der Waals surface area contributed by atoms with Gasteiger partial charge in [-0.1, -0.05) is 0 Å². The third kappa shape index (κ3) is 5.15. The number of aromatic nitrogens is 4. The van der Waals surface area contributed by atoms with Gasteiger partial charge in [-0.25, -0.2) is 18.9 Å². The van der Waals surface area contributed by atoms with Crippen molar-refractivity contribution in [1.82, 2.24) is 19.7 Å². The molecule has 2 aromatic heterocycles. The van der Waals surface area contributed by atoms with E-state index >= 15 is 0 Å². The number of amides is 2. The Balaban J connectivity index is 1.44. The minimum absolute atomic E-state index is 0.368. The fourth-order valence-electron chi connectivity index (χ4n) is 3.18. The first kappa shape index (κ1) is 21.9. The Morgan fingerprint density at radius 3 is 2.09 bits per heavy atom. The van der Waals surface area contributed by atoms with Crippen molar-refractivity contribution in [2.75, 3.05) is 10.6 Å². The highest BCUT2D eigenvalue weighted by molar-refractivity contribution is 5.99. The van der Waals surface area contributed by atoms with Crippen LogP contribution in [0.15, 0.2) is 54.6 Å². The fraction of sp³-hybridized carbons (Fsp3) is 0.167. The molecule has 0 spiro atoms. The number of rotatable bonds is 5. The number of carbonyl (C=O) groups is 1. The van der Waals surface area contributed by atoms with Crippen LogP contribution < -0.4 is 15.4 Å². The van der Waals surface area contributed by atoms with Crippen LogP contribution in [-0.4, -0.2) is 25.8 Å². The normalized spacial score (nSPS) is 10.7. The van der Waals surface area contributed by atoms with Gasteiger partial charge in [-0.2, -0.15) is 10.1 Å². The van der Waals surface area contributed by atoms with Crippen molar-refractivity contribution in [3.05, 3.63) is 83.2 Å². The lowest BCUT2D eigenvalue weighted by Crippen LogP contribution is -2.19. The third-order valence-corrected chi connectivity index (χ3v) is 5.11. The van der Waals surface area contributed by atoms with E-state index in [-0.39, 0.29) is 5.82 Å². The molecule has 2 aromatic carbocycles. The predicted molar refractivity (Wildman–Crippen MR) is 124 cm³/mol. The molecule has 4 aromatic rings. The predicted octanol–water partition coefficient (Wildman–Crippen LogP) is 5.47. The van der Waals surface area contributed by atoms with Gasteiger partial charge in [-0.15, -0.1) is 0 Å². The summed E-state index contributed by atoms with van der Waals surface area (Å²) in [5.74, 6) is 1.75. The highest BCUT2D eigenvalue weighted by Crippen LogP contribution is 2.24. The lowest BCUT2D eigenvalue weighted by atomic mass is 10.2. The molecular weight excluding hydrogens is 423 g/mol. The third-order valence-electron chi connectivity index (χ3n) is 5.11. The maximum Gasteiger partial charge on any atom is 0.323 e. The molecule has 168 valence electrons.